The van der Waals surface area contributed by atoms with Crippen molar-refractivity contribution in [1.82, 2.24) is 5.32 Å². The number of nitrogen functional groups attached to an aromatic ring is 1. The molecule has 5 N–H and O–H groups in total. The molecule has 5 nitrogen and oxygen atoms in total. The Bertz CT molecular complexity index is 392. The van der Waals surface area contributed by atoms with E-state index in [1.807, 2.05) is 20.2 Å². The summed E-state index contributed by atoms with van der Waals surface area (Å²) in [4.78, 5) is 13.1. The Kier molecular flexibility index (Phi) is 4.78. The Morgan fingerprint density at radius 2 is 2.18 bits per heavy atom. The Balaban J connectivity index is 2.74. The van der Waals surface area contributed by atoms with Crippen molar-refractivity contribution in [3.63, 3.8) is 0 Å². The minimum Gasteiger partial charge on any atom is -0.397 e. The molecule has 5 heteroatoms. The summed E-state index contributed by atoms with van der Waals surface area (Å²) in [6, 6.07) is 5.14. The first-order chi connectivity index (χ1) is 8.06. The summed E-state index contributed by atoms with van der Waals surface area (Å²) >= 11 is 0. The molecule has 0 bridgehead atoms. The van der Waals surface area contributed by atoms with Crippen molar-refractivity contribution < 1.29 is 4.79 Å². The smallest absolute Gasteiger partial charge is 0.248 e. The van der Waals surface area contributed by atoms with Gasteiger partial charge in [-0.25, -0.2) is 0 Å². The maximum absolute atomic E-state index is 11.0. The maximum atomic E-state index is 11.0. The molecule has 0 aliphatic heterocycles. The molecule has 0 unspecified atom stereocenters. The standard InChI is InChI=1S/C12H20N4O/c1-15-6-3-7-16(2)11-5-4-9(12(14)17)8-10(11)13/h4-5,8,15H,3,6-7,13H2,1-2H3,(H2,14,17). The van der Waals surface area contributed by atoms with E-state index in [2.05, 4.69) is 10.2 Å². The first-order valence-electron chi connectivity index (χ1n) is 5.61. The largest absolute Gasteiger partial charge is 0.397 e. The molecule has 0 fully saturated rings. The first kappa shape index (κ1) is 13.3. The van der Waals surface area contributed by atoms with Gasteiger partial charge in [0.1, 0.15) is 0 Å². The third-order valence-electron chi connectivity index (χ3n) is 2.64. The zero-order valence-electron chi connectivity index (χ0n) is 10.4. The summed E-state index contributed by atoms with van der Waals surface area (Å²) < 4.78 is 0. The van der Waals surface area contributed by atoms with Gasteiger partial charge < -0.3 is 21.7 Å². The minimum atomic E-state index is -0.457. The van der Waals surface area contributed by atoms with E-state index in [0.29, 0.717) is 11.3 Å². The van der Waals surface area contributed by atoms with Crippen LogP contribution in [0.5, 0.6) is 0 Å². The Labute approximate surface area is 102 Å². The van der Waals surface area contributed by atoms with Gasteiger partial charge in [0.25, 0.3) is 0 Å². The van der Waals surface area contributed by atoms with Crippen LogP contribution in [-0.4, -0.2) is 33.1 Å². The van der Waals surface area contributed by atoms with Crippen LogP contribution in [0.4, 0.5) is 11.4 Å². The number of carbonyl (C=O) groups is 1. The third-order valence-corrected chi connectivity index (χ3v) is 2.64. The van der Waals surface area contributed by atoms with Crippen molar-refractivity contribution in [2.45, 2.75) is 6.42 Å². The molecule has 0 saturated heterocycles. The molecule has 1 amide bonds. The summed E-state index contributed by atoms with van der Waals surface area (Å²) in [6.45, 7) is 1.87. The van der Waals surface area contributed by atoms with Gasteiger partial charge in [0.2, 0.25) is 5.91 Å². The van der Waals surface area contributed by atoms with Crippen LogP contribution in [0.1, 0.15) is 16.8 Å². The zero-order chi connectivity index (χ0) is 12.8. The number of nitrogens with two attached hydrogens (primary N) is 2. The van der Waals surface area contributed by atoms with Crippen LogP contribution in [0.15, 0.2) is 18.2 Å². The van der Waals surface area contributed by atoms with E-state index in [4.69, 9.17) is 11.5 Å². The number of anilines is 2. The average Bonchev–Trinajstić information content (AvgIpc) is 2.28. The summed E-state index contributed by atoms with van der Waals surface area (Å²) in [5.41, 5.74) is 13.0. The highest BCUT2D eigenvalue weighted by Crippen LogP contribution is 2.23. The number of nitrogens with one attached hydrogen (secondary N) is 1. The zero-order valence-corrected chi connectivity index (χ0v) is 10.4. The number of benzene rings is 1. The molecule has 0 aromatic heterocycles. The summed E-state index contributed by atoms with van der Waals surface area (Å²) in [5.74, 6) is -0.457. The van der Waals surface area contributed by atoms with Gasteiger partial charge in [-0.05, 0) is 38.2 Å². The number of hydrogen-bond acceptors (Lipinski definition) is 4. The minimum absolute atomic E-state index is 0.440. The summed E-state index contributed by atoms with van der Waals surface area (Å²) in [5, 5.41) is 3.09. The number of nitrogens with zero attached hydrogens (tertiary/aromatic N) is 1. The van der Waals surface area contributed by atoms with Crippen LogP contribution < -0.4 is 21.7 Å². The summed E-state index contributed by atoms with van der Waals surface area (Å²) in [6.07, 6.45) is 1.03. The lowest BCUT2D eigenvalue weighted by molar-refractivity contribution is 0.100. The SMILES string of the molecule is CNCCCN(C)c1ccc(C(N)=O)cc1N. The van der Waals surface area contributed by atoms with E-state index in [1.54, 1.807) is 12.1 Å². The van der Waals surface area contributed by atoms with Gasteiger partial charge in [-0.1, -0.05) is 0 Å². The number of carbonyl (C=O) groups excluding carboxylic acids is 1. The lowest BCUT2D eigenvalue weighted by atomic mass is 10.1. The first-order valence-corrected chi connectivity index (χ1v) is 5.61. The molecule has 0 atom stereocenters. The molecule has 0 saturated carbocycles. The molecule has 0 spiro atoms. The van der Waals surface area contributed by atoms with Crippen LogP contribution in [0.3, 0.4) is 0 Å². The topological polar surface area (TPSA) is 84.4 Å². The third kappa shape index (κ3) is 3.64. The van der Waals surface area contributed by atoms with Crippen molar-refractivity contribution in [2.75, 3.05) is 37.8 Å². The molecule has 1 aromatic carbocycles. The highest BCUT2D eigenvalue weighted by Gasteiger charge is 2.08. The lowest BCUT2D eigenvalue weighted by Crippen LogP contribution is -2.23. The molecule has 0 aliphatic carbocycles. The van der Waals surface area contributed by atoms with Crippen molar-refractivity contribution in [3.8, 4) is 0 Å². The van der Waals surface area contributed by atoms with Gasteiger partial charge in [-0.2, -0.15) is 0 Å². The molecular weight excluding hydrogens is 216 g/mol. The van der Waals surface area contributed by atoms with E-state index in [0.717, 1.165) is 25.2 Å². The van der Waals surface area contributed by atoms with Crippen molar-refractivity contribution in [1.29, 1.82) is 0 Å². The molecule has 1 aromatic rings. The second-order valence-corrected chi connectivity index (χ2v) is 4.02. The van der Waals surface area contributed by atoms with E-state index in [1.165, 1.54) is 0 Å². The van der Waals surface area contributed by atoms with Gasteiger partial charge in [0.05, 0.1) is 11.4 Å². The summed E-state index contributed by atoms with van der Waals surface area (Å²) in [7, 11) is 3.90. The molecule has 0 radical (unpaired) electrons. The fourth-order valence-electron chi connectivity index (χ4n) is 1.67. The number of amides is 1. The van der Waals surface area contributed by atoms with Gasteiger partial charge in [0.15, 0.2) is 0 Å². The van der Waals surface area contributed by atoms with E-state index in [9.17, 15) is 4.79 Å². The number of hydrogen-bond donors (Lipinski definition) is 3. The van der Waals surface area contributed by atoms with Crippen LogP contribution in [-0.2, 0) is 0 Å². The predicted molar refractivity (Wildman–Crippen MR) is 71.2 cm³/mol. The van der Waals surface area contributed by atoms with Crippen molar-refractivity contribution in [2.24, 2.45) is 5.73 Å². The Morgan fingerprint density at radius 1 is 1.47 bits per heavy atom. The monoisotopic (exact) mass is 236 g/mol. The number of rotatable bonds is 6. The molecule has 17 heavy (non-hydrogen) atoms. The normalized spacial score (nSPS) is 10.2. The molecule has 1 rings (SSSR count). The average molecular weight is 236 g/mol. The fraction of sp³-hybridized carbons (Fsp3) is 0.417. The van der Waals surface area contributed by atoms with Crippen LogP contribution in [0.2, 0.25) is 0 Å². The second kappa shape index (κ2) is 6.10. The van der Waals surface area contributed by atoms with Crippen molar-refractivity contribution in [3.05, 3.63) is 23.8 Å². The van der Waals surface area contributed by atoms with Gasteiger partial charge >= 0.3 is 0 Å². The lowest BCUT2D eigenvalue weighted by Gasteiger charge is -2.21. The Hall–Kier alpha value is -1.75. The fourth-order valence-corrected chi connectivity index (χ4v) is 1.67. The predicted octanol–water partition coefficient (Wildman–Crippen LogP) is 0.413. The highest BCUT2D eigenvalue weighted by molar-refractivity contribution is 5.94. The van der Waals surface area contributed by atoms with E-state index >= 15 is 0 Å². The van der Waals surface area contributed by atoms with Gasteiger partial charge in [0, 0.05) is 19.2 Å². The van der Waals surface area contributed by atoms with Crippen LogP contribution in [0.25, 0.3) is 0 Å². The molecule has 0 heterocycles. The quantitative estimate of drug-likeness (QED) is 0.493. The van der Waals surface area contributed by atoms with Gasteiger partial charge in [-0.3, -0.25) is 4.79 Å². The van der Waals surface area contributed by atoms with Crippen LogP contribution in [0, 0.1) is 0 Å². The van der Waals surface area contributed by atoms with Gasteiger partial charge in [-0.15, -0.1) is 0 Å². The number of primary amides is 1. The molecule has 0 aliphatic rings. The van der Waals surface area contributed by atoms with E-state index in [-0.39, 0.29) is 0 Å². The molecular formula is C12H20N4O. The van der Waals surface area contributed by atoms with Crippen molar-refractivity contribution >= 4 is 17.3 Å². The molecule has 94 valence electrons. The van der Waals surface area contributed by atoms with E-state index < -0.39 is 5.91 Å². The second-order valence-electron chi connectivity index (χ2n) is 4.02. The maximum Gasteiger partial charge on any atom is 0.248 e. The highest BCUT2D eigenvalue weighted by atomic mass is 16.1. The Morgan fingerprint density at radius 3 is 2.71 bits per heavy atom. The van der Waals surface area contributed by atoms with Crippen LogP contribution >= 0.6 is 0 Å².